The molecule has 0 aliphatic heterocycles. The molecular weight excluding hydrogens is 398 g/mol. The average molecular weight is 432 g/mol. The molecule has 1 heterocycles. The molecule has 0 aliphatic rings. The highest BCUT2D eigenvalue weighted by Gasteiger charge is 2.14. The Morgan fingerprint density at radius 1 is 1.03 bits per heavy atom. The van der Waals surface area contributed by atoms with Crippen LogP contribution in [0.4, 0.5) is 5.69 Å². The summed E-state index contributed by atoms with van der Waals surface area (Å²) in [6, 6.07) is 15.6. The molecular formula is C26H33N5O. The number of carbonyl (C=O) groups is 1. The number of guanidine groups is 1. The molecule has 1 aromatic heterocycles. The van der Waals surface area contributed by atoms with Crippen molar-refractivity contribution in [1.29, 1.82) is 0 Å². The number of aryl methyl sites for hydroxylation is 4. The van der Waals surface area contributed by atoms with Crippen molar-refractivity contribution in [1.82, 2.24) is 15.1 Å². The lowest BCUT2D eigenvalue weighted by atomic mass is 10.1. The molecule has 0 aliphatic carbocycles. The predicted molar refractivity (Wildman–Crippen MR) is 131 cm³/mol. The van der Waals surface area contributed by atoms with Crippen LogP contribution in [0.1, 0.15) is 52.3 Å². The summed E-state index contributed by atoms with van der Waals surface area (Å²) in [5, 5.41) is 10.9. The summed E-state index contributed by atoms with van der Waals surface area (Å²) in [7, 11) is 0. The van der Waals surface area contributed by atoms with Gasteiger partial charge in [0.1, 0.15) is 0 Å². The molecule has 0 spiro atoms. The van der Waals surface area contributed by atoms with Gasteiger partial charge in [0.05, 0.1) is 5.69 Å². The predicted octanol–water partition coefficient (Wildman–Crippen LogP) is 4.83. The normalized spacial score (nSPS) is 11.5. The Labute approximate surface area is 190 Å². The van der Waals surface area contributed by atoms with Crippen molar-refractivity contribution in [2.24, 2.45) is 4.99 Å². The van der Waals surface area contributed by atoms with Crippen molar-refractivity contribution in [2.75, 3.05) is 11.9 Å². The van der Waals surface area contributed by atoms with E-state index < -0.39 is 0 Å². The number of nitrogens with zero attached hydrogens (tertiary/aromatic N) is 3. The highest BCUT2D eigenvalue weighted by molar-refractivity contribution is 6.10. The van der Waals surface area contributed by atoms with E-state index in [0.717, 1.165) is 36.3 Å². The first-order valence-corrected chi connectivity index (χ1v) is 11.2. The SMILES string of the molecule is CCc1ccccc1NC(=NCCc1c(C)nn(CC)c1C)NC(=O)c1ccccc1C. The van der Waals surface area contributed by atoms with Crippen LogP contribution in [0.3, 0.4) is 0 Å². The molecule has 0 unspecified atom stereocenters. The first kappa shape index (κ1) is 23.3. The highest BCUT2D eigenvalue weighted by Crippen LogP contribution is 2.16. The summed E-state index contributed by atoms with van der Waals surface area (Å²) in [5.74, 6) is 0.284. The molecule has 0 bridgehead atoms. The number of hydrogen-bond donors (Lipinski definition) is 2. The van der Waals surface area contributed by atoms with E-state index in [-0.39, 0.29) is 5.91 Å². The maximum absolute atomic E-state index is 13.0. The van der Waals surface area contributed by atoms with Crippen molar-refractivity contribution in [3.8, 4) is 0 Å². The monoisotopic (exact) mass is 431 g/mol. The summed E-state index contributed by atoms with van der Waals surface area (Å²) in [6.45, 7) is 11.7. The lowest BCUT2D eigenvalue weighted by Gasteiger charge is -2.15. The molecule has 0 fully saturated rings. The third-order valence-corrected chi connectivity index (χ3v) is 5.74. The van der Waals surface area contributed by atoms with Crippen molar-refractivity contribution in [3.63, 3.8) is 0 Å². The van der Waals surface area contributed by atoms with Gasteiger partial charge in [-0.25, -0.2) is 0 Å². The molecule has 0 saturated heterocycles. The van der Waals surface area contributed by atoms with Crippen LogP contribution in [-0.4, -0.2) is 28.2 Å². The summed E-state index contributed by atoms with van der Waals surface area (Å²) >= 11 is 0. The Kier molecular flexibility index (Phi) is 7.82. The number of rotatable bonds is 7. The molecule has 168 valence electrons. The minimum absolute atomic E-state index is 0.172. The van der Waals surface area contributed by atoms with Crippen LogP contribution in [0.15, 0.2) is 53.5 Å². The van der Waals surface area contributed by atoms with Gasteiger partial charge in [-0.05, 0) is 69.4 Å². The number of carbonyl (C=O) groups excluding carboxylic acids is 1. The molecule has 2 aromatic carbocycles. The Hall–Kier alpha value is -3.41. The number of aliphatic imine (C=N–C) groups is 1. The second kappa shape index (κ2) is 10.8. The van der Waals surface area contributed by atoms with Gasteiger partial charge in [0, 0.05) is 30.0 Å². The van der Waals surface area contributed by atoms with E-state index in [1.54, 1.807) is 0 Å². The molecule has 2 N–H and O–H groups in total. The number of benzene rings is 2. The number of amides is 1. The zero-order valence-corrected chi connectivity index (χ0v) is 19.7. The minimum atomic E-state index is -0.172. The summed E-state index contributed by atoms with van der Waals surface area (Å²) in [4.78, 5) is 17.7. The van der Waals surface area contributed by atoms with Gasteiger partial charge < -0.3 is 5.32 Å². The minimum Gasteiger partial charge on any atom is -0.326 e. The molecule has 1 amide bonds. The van der Waals surface area contributed by atoms with Crippen LogP contribution in [-0.2, 0) is 19.4 Å². The van der Waals surface area contributed by atoms with Crippen LogP contribution >= 0.6 is 0 Å². The molecule has 6 nitrogen and oxygen atoms in total. The Morgan fingerprint density at radius 2 is 1.75 bits per heavy atom. The zero-order valence-electron chi connectivity index (χ0n) is 19.7. The van der Waals surface area contributed by atoms with Crippen molar-refractivity contribution in [2.45, 2.75) is 54.0 Å². The fraction of sp³-hybridized carbons (Fsp3) is 0.346. The number of anilines is 1. The smallest absolute Gasteiger partial charge is 0.258 e. The van der Waals surface area contributed by atoms with Gasteiger partial charge in [-0.2, -0.15) is 5.10 Å². The first-order valence-electron chi connectivity index (χ1n) is 11.2. The third kappa shape index (κ3) is 5.44. The molecule has 0 atom stereocenters. The van der Waals surface area contributed by atoms with Crippen LogP contribution in [0.25, 0.3) is 0 Å². The quantitative estimate of drug-likeness (QED) is 0.416. The lowest BCUT2D eigenvalue weighted by Crippen LogP contribution is -2.37. The zero-order chi connectivity index (χ0) is 23.1. The molecule has 6 heteroatoms. The summed E-state index contributed by atoms with van der Waals surface area (Å²) < 4.78 is 2.02. The van der Waals surface area contributed by atoms with Gasteiger partial charge >= 0.3 is 0 Å². The van der Waals surface area contributed by atoms with Crippen LogP contribution < -0.4 is 10.6 Å². The lowest BCUT2D eigenvalue weighted by molar-refractivity contribution is 0.0976. The van der Waals surface area contributed by atoms with E-state index in [1.807, 2.05) is 61.0 Å². The summed E-state index contributed by atoms with van der Waals surface area (Å²) in [6.07, 6.45) is 1.65. The van der Waals surface area contributed by atoms with Crippen molar-refractivity contribution >= 4 is 17.6 Å². The van der Waals surface area contributed by atoms with E-state index in [2.05, 4.69) is 42.6 Å². The Balaban J connectivity index is 1.83. The standard InChI is InChI=1S/C26H33N5O/c1-6-21-13-9-11-15-24(21)28-26(29-25(32)22-14-10-8-12-18(22)3)27-17-16-23-19(4)30-31(7-2)20(23)5/h8-15H,6-7,16-17H2,1-5H3,(H2,27,28,29,32). The van der Waals surface area contributed by atoms with Gasteiger partial charge in [-0.1, -0.05) is 43.3 Å². The van der Waals surface area contributed by atoms with Gasteiger partial charge in [0.25, 0.3) is 5.91 Å². The van der Waals surface area contributed by atoms with E-state index in [9.17, 15) is 4.79 Å². The first-order chi connectivity index (χ1) is 15.4. The Bertz CT molecular complexity index is 1110. The topological polar surface area (TPSA) is 71.3 Å². The molecule has 0 saturated carbocycles. The largest absolute Gasteiger partial charge is 0.326 e. The number of aromatic nitrogens is 2. The van der Waals surface area contributed by atoms with Crippen LogP contribution in [0, 0.1) is 20.8 Å². The van der Waals surface area contributed by atoms with Crippen molar-refractivity contribution in [3.05, 3.63) is 82.2 Å². The van der Waals surface area contributed by atoms with E-state index in [0.29, 0.717) is 18.1 Å². The average Bonchev–Trinajstić information content (AvgIpc) is 3.07. The van der Waals surface area contributed by atoms with Gasteiger partial charge in [0.2, 0.25) is 5.96 Å². The second-order valence-corrected chi connectivity index (χ2v) is 7.85. The molecule has 0 radical (unpaired) electrons. The number of para-hydroxylation sites is 1. The fourth-order valence-corrected chi connectivity index (χ4v) is 3.87. The van der Waals surface area contributed by atoms with Gasteiger partial charge in [-0.15, -0.1) is 0 Å². The van der Waals surface area contributed by atoms with E-state index >= 15 is 0 Å². The second-order valence-electron chi connectivity index (χ2n) is 7.85. The van der Waals surface area contributed by atoms with Gasteiger partial charge in [0.15, 0.2) is 0 Å². The van der Waals surface area contributed by atoms with E-state index in [4.69, 9.17) is 4.99 Å². The summed E-state index contributed by atoms with van der Waals surface area (Å²) in [5.41, 5.74) is 7.11. The van der Waals surface area contributed by atoms with E-state index in [1.165, 1.54) is 16.8 Å². The number of hydrogen-bond acceptors (Lipinski definition) is 3. The molecule has 32 heavy (non-hydrogen) atoms. The van der Waals surface area contributed by atoms with Crippen LogP contribution in [0.5, 0.6) is 0 Å². The number of nitrogens with one attached hydrogen (secondary N) is 2. The Morgan fingerprint density at radius 3 is 2.44 bits per heavy atom. The van der Waals surface area contributed by atoms with Gasteiger partial charge in [-0.3, -0.25) is 19.8 Å². The molecule has 3 rings (SSSR count). The van der Waals surface area contributed by atoms with Crippen molar-refractivity contribution < 1.29 is 4.79 Å². The van der Waals surface area contributed by atoms with Crippen LogP contribution in [0.2, 0.25) is 0 Å². The molecule has 3 aromatic rings. The maximum Gasteiger partial charge on any atom is 0.258 e. The highest BCUT2D eigenvalue weighted by atomic mass is 16.1. The fourth-order valence-electron chi connectivity index (χ4n) is 3.87. The third-order valence-electron chi connectivity index (χ3n) is 5.74. The maximum atomic E-state index is 13.0.